The number of fused-ring (bicyclic) bond motifs is 7. The van der Waals surface area contributed by atoms with E-state index < -0.39 is 8.07 Å². The Kier molecular flexibility index (Phi) is 4.05. The lowest BCUT2D eigenvalue weighted by Crippen LogP contribution is -2.72. The Morgan fingerprint density at radius 3 is 2.09 bits per heavy atom. The third kappa shape index (κ3) is 2.51. The van der Waals surface area contributed by atoms with Gasteiger partial charge in [-0.05, 0) is 50.9 Å². The Labute approximate surface area is 198 Å². The summed E-state index contributed by atoms with van der Waals surface area (Å²) in [5, 5.41) is 8.76. The molecule has 1 unspecified atom stereocenters. The molecule has 0 radical (unpaired) electrons. The van der Waals surface area contributed by atoms with Gasteiger partial charge in [0.25, 0.3) is 0 Å². The first-order valence-corrected chi connectivity index (χ1v) is 14.3. The Bertz CT molecular complexity index is 1660. The lowest BCUT2D eigenvalue weighted by molar-refractivity contribution is 1.49. The van der Waals surface area contributed by atoms with Crippen LogP contribution in [-0.4, -0.2) is 8.07 Å². The van der Waals surface area contributed by atoms with Gasteiger partial charge in [0, 0.05) is 20.2 Å². The SMILES string of the molecule is Cc1ccc([Si]2(c3ccccc3)c3ccccc3-c3c2ccc2sc4ccccc4c32)cc1. The zero-order chi connectivity index (χ0) is 22.0. The van der Waals surface area contributed by atoms with E-state index in [1.807, 2.05) is 11.3 Å². The van der Waals surface area contributed by atoms with Crippen LogP contribution in [0.25, 0.3) is 31.3 Å². The first-order chi connectivity index (χ1) is 16.3. The van der Waals surface area contributed by atoms with Gasteiger partial charge in [0.2, 0.25) is 0 Å². The molecule has 5 aromatic carbocycles. The monoisotopic (exact) mass is 454 g/mol. The Morgan fingerprint density at radius 1 is 0.545 bits per heavy atom. The van der Waals surface area contributed by atoms with Gasteiger partial charge in [-0.2, -0.15) is 0 Å². The van der Waals surface area contributed by atoms with Crippen molar-refractivity contribution in [3.8, 4) is 11.1 Å². The topological polar surface area (TPSA) is 0 Å². The zero-order valence-corrected chi connectivity index (χ0v) is 20.2. The van der Waals surface area contributed by atoms with E-state index in [0.29, 0.717) is 0 Å². The molecule has 0 fully saturated rings. The lowest BCUT2D eigenvalue weighted by Gasteiger charge is -2.31. The maximum absolute atomic E-state index is 2.45. The third-order valence-corrected chi connectivity index (χ3v) is 13.2. The summed E-state index contributed by atoms with van der Waals surface area (Å²) in [4.78, 5) is 0. The maximum Gasteiger partial charge on any atom is 0.180 e. The summed E-state index contributed by atoms with van der Waals surface area (Å²) in [7, 11) is -2.42. The average Bonchev–Trinajstić information content (AvgIpc) is 3.39. The summed E-state index contributed by atoms with van der Waals surface area (Å²) in [6.45, 7) is 2.18. The fraction of sp³-hybridized carbons (Fsp3) is 0.0323. The van der Waals surface area contributed by atoms with E-state index >= 15 is 0 Å². The van der Waals surface area contributed by atoms with Crippen LogP contribution < -0.4 is 20.7 Å². The van der Waals surface area contributed by atoms with Crippen LogP contribution >= 0.6 is 11.3 Å². The molecule has 0 spiro atoms. The second kappa shape index (κ2) is 7.02. The molecule has 0 amide bonds. The molecule has 0 bridgehead atoms. The second-order valence-corrected chi connectivity index (χ2v) is 13.8. The van der Waals surface area contributed by atoms with Gasteiger partial charge >= 0.3 is 0 Å². The Hall–Kier alpha value is -3.46. The van der Waals surface area contributed by atoms with E-state index in [9.17, 15) is 0 Å². The molecule has 2 heteroatoms. The molecular weight excluding hydrogens is 432 g/mol. The van der Waals surface area contributed by atoms with Gasteiger partial charge in [0.05, 0.1) is 0 Å². The Morgan fingerprint density at radius 2 is 1.24 bits per heavy atom. The highest BCUT2D eigenvalue weighted by Gasteiger charge is 2.49. The first-order valence-electron chi connectivity index (χ1n) is 11.5. The van der Waals surface area contributed by atoms with Crippen LogP contribution in [-0.2, 0) is 0 Å². The quantitative estimate of drug-likeness (QED) is 0.293. The van der Waals surface area contributed by atoms with Crippen LogP contribution in [0.4, 0.5) is 0 Å². The fourth-order valence-electron chi connectivity index (χ4n) is 5.86. The smallest absolute Gasteiger partial charge is 0.135 e. The largest absolute Gasteiger partial charge is 0.180 e. The molecule has 0 nitrogen and oxygen atoms in total. The van der Waals surface area contributed by atoms with Crippen molar-refractivity contribution in [1.29, 1.82) is 0 Å². The summed E-state index contributed by atoms with van der Waals surface area (Å²) in [6, 6.07) is 43.5. The van der Waals surface area contributed by atoms with Crippen LogP contribution in [0.15, 0.2) is 115 Å². The van der Waals surface area contributed by atoms with Crippen molar-refractivity contribution in [1.82, 2.24) is 0 Å². The molecule has 0 N–H and O–H groups in total. The molecule has 0 saturated heterocycles. The van der Waals surface area contributed by atoms with E-state index in [0.717, 1.165) is 0 Å². The van der Waals surface area contributed by atoms with Gasteiger partial charge < -0.3 is 0 Å². The number of hydrogen-bond donors (Lipinski definition) is 0. The van der Waals surface area contributed by atoms with E-state index in [1.165, 1.54) is 57.6 Å². The summed E-state index contributed by atoms with van der Waals surface area (Å²) in [5.41, 5.74) is 4.18. The fourth-order valence-corrected chi connectivity index (χ4v) is 12.1. The van der Waals surface area contributed by atoms with E-state index in [4.69, 9.17) is 0 Å². The highest BCUT2D eigenvalue weighted by Crippen LogP contribution is 2.42. The first kappa shape index (κ1) is 19.0. The molecule has 156 valence electrons. The van der Waals surface area contributed by atoms with E-state index in [-0.39, 0.29) is 0 Å². The van der Waals surface area contributed by atoms with Crippen LogP contribution in [0.1, 0.15) is 5.56 Å². The van der Waals surface area contributed by atoms with Crippen molar-refractivity contribution in [2.45, 2.75) is 6.92 Å². The minimum atomic E-state index is -2.42. The predicted octanol–water partition coefficient (Wildman–Crippen LogP) is 5.72. The molecule has 0 aliphatic carbocycles. The number of hydrogen-bond acceptors (Lipinski definition) is 1. The summed E-state index contributed by atoms with van der Waals surface area (Å²) < 4.78 is 2.75. The van der Waals surface area contributed by atoms with E-state index in [1.54, 1.807) is 0 Å². The number of aryl methyl sites for hydroxylation is 1. The zero-order valence-electron chi connectivity index (χ0n) is 18.4. The molecule has 2 heterocycles. The Balaban J connectivity index is 1.72. The highest BCUT2D eigenvalue weighted by atomic mass is 32.1. The van der Waals surface area contributed by atoms with Gasteiger partial charge in [-0.1, -0.05) is 109 Å². The normalized spacial score (nSPS) is 16.8. The summed E-state index contributed by atoms with van der Waals surface area (Å²) >= 11 is 1.91. The van der Waals surface area contributed by atoms with Crippen molar-refractivity contribution in [2.75, 3.05) is 0 Å². The standard InChI is InChI=1S/C31H22SSi/c1-21-15-17-23(18-16-21)33(22-9-3-2-4-10-22)28-14-8-6-12-25(28)31-29(33)20-19-27-30(31)24-11-5-7-13-26(24)32-27/h2-20H,1H3. The van der Waals surface area contributed by atoms with Crippen molar-refractivity contribution in [2.24, 2.45) is 0 Å². The highest BCUT2D eigenvalue weighted by molar-refractivity contribution is 7.26. The molecule has 1 aliphatic heterocycles. The number of thiophene rings is 1. The molecule has 1 aromatic heterocycles. The molecule has 0 saturated carbocycles. The number of benzene rings is 5. The summed E-state index contributed by atoms with van der Waals surface area (Å²) in [5.74, 6) is 0. The number of rotatable bonds is 2. The van der Waals surface area contributed by atoms with Gasteiger partial charge in [-0.15, -0.1) is 11.3 Å². The maximum atomic E-state index is 2.45. The van der Waals surface area contributed by atoms with Gasteiger partial charge in [0.15, 0.2) is 8.07 Å². The van der Waals surface area contributed by atoms with Crippen molar-refractivity contribution >= 4 is 60.3 Å². The molecule has 7 rings (SSSR count). The minimum Gasteiger partial charge on any atom is -0.135 e. The van der Waals surface area contributed by atoms with Crippen LogP contribution in [0, 0.1) is 6.92 Å². The average molecular weight is 455 g/mol. The van der Waals surface area contributed by atoms with Gasteiger partial charge in [-0.3, -0.25) is 0 Å². The summed E-state index contributed by atoms with van der Waals surface area (Å²) in [6.07, 6.45) is 0. The van der Waals surface area contributed by atoms with Crippen molar-refractivity contribution < 1.29 is 0 Å². The molecule has 6 aromatic rings. The van der Waals surface area contributed by atoms with Gasteiger partial charge in [-0.25, -0.2) is 0 Å². The third-order valence-electron chi connectivity index (χ3n) is 7.24. The van der Waals surface area contributed by atoms with Crippen LogP contribution in [0.3, 0.4) is 0 Å². The van der Waals surface area contributed by atoms with Crippen molar-refractivity contribution in [3.63, 3.8) is 0 Å². The second-order valence-electron chi connectivity index (χ2n) is 8.99. The molecular formula is C31H22SSi. The molecule has 1 aliphatic rings. The lowest BCUT2D eigenvalue weighted by atomic mass is 10.00. The van der Waals surface area contributed by atoms with E-state index in [2.05, 4.69) is 122 Å². The predicted molar refractivity (Wildman–Crippen MR) is 147 cm³/mol. The van der Waals surface area contributed by atoms with Crippen molar-refractivity contribution in [3.05, 3.63) is 121 Å². The molecule has 33 heavy (non-hydrogen) atoms. The van der Waals surface area contributed by atoms with Crippen LogP contribution in [0.5, 0.6) is 0 Å². The minimum absolute atomic E-state index is 1.31. The van der Waals surface area contributed by atoms with Gasteiger partial charge in [0.1, 0.15) is 0 Å². The molecule has 1 atom stereocenters. The van der Waals surface area contributed by atoms with Crippen LogP contribution in [0.2, 0.25) is 0 Å².